The number of primary amides is 1. The number of carbonyl (C=O) groups is 3. The van der Waals surface area contributed by atoms with E-state index in [4.69, 9.17) is 19.9 Å². The van der Waals surface area contributed by atoms with Gasteiger partial charge < -0.3 is 34.9 Å². The molecule has 258 valence electrons. The molecule has 1 aliphatic rings. The molecule has 3 N–H and O–H groups in total. The fourth-order valence-electron chi connectivity index (χ4n) is 4.61. The smallest absolute Gasteiger partial charge is 0.405 e. The topological polar surface area (TPSA) is 153 Å². The van der Waals surface area contributed by atoms with E-state index in [0.29, 0.717) is 32.8 Å². The Kier molecular flexibility index (Phi) is 18.4. The molecule has 0 unspecified atom stereocenters. The summed E-state index contributed by atoms with van der Waals surface area (Å²) in [4.78, 5) is 36.4. The standard InChI is InChI=1S/C30H39N3O5S.C5H11NO2/c1-39-19-5-6-29(34)38-18-17-37-16-15-36-14-11-32-30(35)27(23-31)21-24-7-8-26-22-28(10-9-25(26)20-24)33-12-3-2-4-13-33;1-5(2,3)8-4(6)7/h7-10,20-22H,2-6,11-19H2,1H3,(H,32,35);1-3H3,(H2,6,7)/b27-21+;. The van der Waals surface area contributed by atoms with Crippen molar-refractivity contribution in [1.82, 2.24) is 5.32 Å². The Labute approximate surface area is 283 Å². The lowest BCUT2D eigenvalue weighted by Gasteiger charge is -2.29. The zero-order valence-corrected chi connectivity index (χ0v) is 29.0. The minimum atomic E-state index is -0.725. The molecule has 1 aliphatic heterocycles. The summed E-state index contributed by atoms with van der Waals surface area (Å²) in [6, 6.07) is 14.4. The summed E-state index contributed by atoms with van der Waals surface area (Å²) >= 11 is 1.71. The van der Waals surface area contributed by atoms with Gasteiger partial charge in [-0.05, 0) is 99.1 Å². The van der Waals surface area contributed by atoms with Crippen LogP contribution in [-0.4, -0.2) is 88.2 Å². The summed E-state index contributed by atoms with van der Waals surface area (Å²) in [7, 11) is 0. The number of carbonyl (C=O) groups excluding carboxylic acids is 3. The van der Waals surface area contributed by atoms with Crippen LogP contribution in [0.4, 0.5) is 10.5 Å². The zero-order chi connectivity index (χ0) is 34.5. The molecule has 1 heterocycles. The fourth-order valence-corrected chi connectivity index (χ4v) is 5.04. The van der Waals surface area contributed by atoms with Gasteiger partial charge in [0, 0.05) is 31.7 Å². The number of hydrogen-bond donors (Lipinski definition) is 2. The van der Waals surface area contributed by atoms with Gasteiger partial charge in [-0.3, -0.25) is 9.59 Å². The van der Waals surface area contributed by atoms with E-state index in [2.05, 4.69) is 33.2 Å². The molecule has 2 aromatic carbocycles. The van der Waals surface area contributed by atoms with Gasteiger partial charge >= 0.3 is 12.1 Å². The van der Waals surface area contributed by atoms with Crippen molar-refractivity contribution in [2.24, 2.45) is 5.73 Å². The van der Waals surface area contributed by atoms with E-state index < -0.39 is 17.6 Å². The van der Waals surface area contributed by atoms with Gasteiger partial charge in [-0.1, -0.05) is 18.2 Å². The highest BCUT2D eigenvalue weighted by molar-refractivity contribution is 7.98. The molecule has 3 rings (SSSR count). The first kappa shape index (κ1) is 39.4. The highest BCUT2D eigenvalue weighted by Crippen LogP contribution is 2.26. The summed E-state index contributed by atoms with van der Waals surface area (Å²) in [5.41, 5.74) is 6.36. The van der Waals surface area contributed by atoms with Crippen molar-refractivity contribution >= 4 is 52.3 Å². The molecule has 0 aromatic heterocycles. The van der Waals surface area contributed by atoms with E-state index in [1.807, 2.05) is 30.5 Å². The number of anilines is 1. The monoisotopic (exact) mass is 670 g/mol. The second-order valence-corrected chi connectivity index (χ2v) is 12.8. The maximum absolute atomic E-state index is 12.5. The number of thioether (sulfide) groups is 1. The third kappa shape index (κ3) is 17.1. The minimum absolute atomic E-state index is 0.0469. The van der Waals surface area contributed by atoms with Gasteiger partial charge in [-0.2, -0.15) is 17.0 Å². The van der Waals surface area contributed by atoms with Crippen LogP contribution in [0.2, 0.25) is 0 Å². The van der Waals surface area contributed by atoms with Crippen molar-refractivity contribution < 1.29 is 33.3 Å². The Bertz CT molecular complexity index is 1350. The first-order valence-corrected chi connectivity index (χ1v) is 17.4. The molecule has 2 amide bonds. The molecule has 12 heteroatoms. The highest BCUT2D eigenvalue weighted by atomic mass is 32.2. The Hall–Kier alpha value is -3.79. The Morgan fingerprint density at radius 2 is 1.64 bits per heavy atom. The van der Waals surface area contributed by atoms with Gasteiger partial charge in [0.1, 0.15) is 23.9 Å². The predicted octanol–water partition coefficient (Wildman–Crippen LogP) is 5.45. The van der Waals surface area contributed by atoms with Crippen LogP contribution in [0.15, 0.2) is 42.0 Å². The lowest BCUT2D eigenvalue weighted by atomic mass is 10.0. The number of ether oxygens (including phenoxy) is 4. The van der Waals surface area contributed by atoms with E-state index in [-0.39, 0.29) is 24.7 Å². The average molecular weight is 671 g/mol. The molecule has 0 spiro atoms. The number of nitrogens with one attached hydrogen (secondary N) is 1. The van der Waals surface area contributed by atoms with Crippen LogP contribution in [-0.2, 0) is 28.5 Å². The quantitative estimate of drug-likeness (QED) is 0.102. The van der Waals surface area contributed by atoms with Crippen molar-refractivity contribution in [3.05, 3.63) is 47.5 Å². The number of nitrogens with two attached hydrogens (primary N) is 1. The SMILES string of the molecule is CC(C)(C)OC(N)=O.CSCCCC(=O)OCCOCCOCCNC(=O)/C(C#N)=C/c1ccc2cc(N3CCCCC3)ccc2c1. The first-order chi connectivity index (χ1) is 22.5. The second-order valence-electron chi connectivity index (χ2n) is 11.8. The van der Waals surface area contributed by atoms with Gasteiger partial charge in [0.25, 0.3) is 5.91 Å². The molecule has 0 bridgehead atoms. The van der Waals surface area contributed by atoms with Crippen LogP contribution >= 0.6 is 11.8 Å². The molecule has 0 radical (unpaired) electrons. The van der Waals surface area contributed by atoms with Crippen molar-refractivity contribution in [3.63, 3.8) is 0 Å². The Balaban J connectivity index is 0.000000849. The van der Waals surface area contributed by atoms with Crippen LogP contribution in [0.1, 0.15) is 58.4 Å². The van der Waals surface area contributed by atoms with Gasteiger partial charge in [-0.15, -0.1) is 0 Å². The number of piperidine rings is 1. The third-order valence-electron chi connectivity index (χ3n) is 6.78. The summed E-state index contributed by atoms with van der Waals surface area (Å²) in [5, 5.41) is 14.5. The molecule has 47 heavy (non-hydrogen) atoms. The average Bonchev–Trinajstić information content (AvgIpc) is 3.03. The van der Waals surface area contributed by atoms with Crippen LogP contribution in [0, 0.1) is 11.3 Å². The molecule has 0 atom stereocenters. The van der Waals surface area contributed by atoms with Crippen molar-refractivity contribution in [2.45, 2.75) is 58.5 Å². The maximum atomic E-state index is 12.5. The van der Waals surface area contributed by atoms with Crippen molar-refractivity contribution in [2.75, 3.05) is 69.6 Å². The third-order valence-corrected chi connectivity index (χ3v) is 7.47. The minimum Gasteiger partial charge on any atom is -0.463 e. The molecule has 11 nitrogen and oxygen atoms in total. The summed E-state index contributed by atoms with van der Waals surface area (Å²) in [5.74, 6) is 0.312. The van der Waals surface area contributed by atoms with E-state index >= 15 is 0 Å². The fraction of sp³-hybridized carbons (Fsp3) is 0.543. The summed E-state index contributed by atoms with van der Waals surface area (Å²) in [6.07, 6.45) is 7.92. The number of nitriles is 1. The number of esters is 1. The second kappa shape index (κ2) is 21.9. The van der Waals surface area contributed by atoms with Gasteiger partial charge in [0.05, 0.1) is 26.4 Å². The zero-order valence-electron chi connectivity index (χ0n) is 28.2. The highest BCUT2D eigenvalue weighted by Gasteiger charge is 2.13. The number of amides is 2. The van der Waals surface area contributed by atoms with Crippen LogP contribution < -0.4 is 16.0 Å². The lowest BCUT2D eigenvalue weighted by Crippen LogP contribution is -2.29. The Morgan fingerprint density at radius 3 is 2.28 bits per heavy atom. The van der Waals surface area contributed by atoms with Gasteiger partial charge in [0.2, 0.25) is 0 Å². The normalized spacial score (nSPS) is 13.3. The summed E-state index contributed by atoms with van der Waals surface area (Å²) < 4.78 is 20.5. The largest absolute Gasteiger partial charge is 0.463 e. The van der Waals surface area contributed by atoms with Crippen LogP contribution in [0.25, 0.3) is 16.8 Å². The van der Waals surface area contributed by atoms with Crippen LogP contribution in [0.5, 0.6) is 0 Å². The van der Waals surface area contributed by atoms with E-state index in [0.717, 1.165) is 41.6 Å². The molecule has 0 aliphatic carbocycles. The van der Waals surface area contributed by atoms with E-state index in [9.17, 15) is 19.6 Å². The molecular weight excluding hydrogens is 620 g/mol. The molecule has 0 saturated carbocycles. The number of rotatable bonds is 16. The maximum Gasteiger partial charge on any atom is 0.405 e. The van der Waals surface area contributed by atoms with E-state index in [1.54, 1.807) is 38.6 Å². The molecule has 2 aromatic rings. The lowest BCUT2D eigenvalue weighted by molar-refractivity contribution is -0.145. The number of fused-ring (bicyclic) bond motifs is 1. The molecule has 1 fully saturated rings. The summed E-state index contributed by atoms with van der Waals surface area (Å²) in [6.45, 7) is 9.33. The molecular formula is C35H50N4O7S. The van der Waals surface area contributed by atoms with Gasteiger partial charge in [-0.25, -0.2) is 4.79 Å². The Morgan fingerprint density at radius 1 is 0.979 bits per heavy atom. The van der Waals surface area contributed by atoms with E-state index in [1.165, 1.54) is 24.9 Å². The van der Waals surface area contributed by atoms with Crippen LogP contribution in [0.3, 0.4) is 0 Å². The first-order valence-electron chi connectivity index (χ1n) is 16.0. The molecule has 1 saturated heterocycles. The predicted molar refractivity (Wildman–Crippen MR) is 187 cm³/mol. The number of nitrogens with zero attached hydrogens (tertiary/aromatic N) is 2. The van der Waals surface area contributed by atoms with Crippen molar-refractivity contribution in [1.29, 1.82) is 5.26 Å². The number of hydrogen-bond acceptors (Lipinski definition) is 10. The number of benzene rings is 2. The van der Waals surface area contributed by atoms with Gasteiger partial charge in [0.15, 0.2) is 0 Å². The van der Waals surface area contributed by atoms with Crippen molar-refractivity contribution in [3.8, 4) is 6.07 Å².